The van der Waals surface area contributed by atoms with Crippen LogP contribution in [0.2, 0.25) is 0 Å². The molecular weight excluding hydrogens is 384 g/mol. The number of nitrogens with one attached hydrogen (secondary N) is 1. The van der Waals surface area contributed by atoms with E-state index in [4.69, 9.17) is 17.0 Å². The average Bonchev–Trinajstić information content (AvgIpc) is 2.67. The highest BCUT2D eigenvalue weighted by molar-refractivity contribution is 7.80. The number of amides is 1. The van der Waals surface area contributed by atoms with Gasteiger partial charge in [0.05, 0.1) is 17.1 Å². The van der Waals surface area contributed by atoms with Crippen molar-refractivity contribution in [1.82, 2.24) is 10.2 Å². The summed E-state index contributed by atoms with van der Waals surface area (Å²) in [5, 5.41) is 14.6. The van der Waals surface area contributed by atoms with Crippen molar-refractivity contribution in [3.05, 3.63) is 33.9 Å². The van der Waals surface area contributed by atoms with Gasteiger partial charge in [-0.3, -0.25) is 14.9 Å². The van der Waals surface area contributed by atoms with Crippen LogP contribution in [-0.2, 0) is 9.53 Å². The minimum absolute atomic E-state index is 0.141. The lowest BCUT2D eigenvalue weighted by Crippen LogP contribution is -2.53. The highest BCUT2D eigenvalue weighted by Crippen LogP contribution is 2.30. The summed E-state index contributed by atoms with van der Waals surface area (Å²) in [4.78, 5) is 38.4. The summed E-state index contributed by atoms with van der Waals surface area (Å²) in [6.07, 6.45) is 0. The number of piperazine rings is 1. The van der Waals surface area contributed by atoms with E-state index in [0.29, 0.717) is 37.0 Å². The highest BCUT2D eigenvalue weighted by Gasteiger charge is 2.26. The Morgan fingerprint density at radius 2 is 1.93 bits per heavy atom. The minimum Gasteiger partial charge on any atom is -0.462 e. The Balaban J connectivity index is 2.09. The Hall–Kier alpha value is -2.75. The van der Waals surface area contributed by atoms with Crippen LogP contribution in [0.4, 0.5) is 11.4 Å². The van der Waals surface area contributed by atoms with E-state index in [1.807, 2.05) is 9.80 Å². The zero-order valence-corrected chi connectivity index (χ0v) is 17.0. The molecule has 2 rings (SSSR count). The Morgan fingerprint density at radius 3 is 2.46 bits per heavy atom. The molecule has 0 bridgehead atoms. The fourth-order valence-electron chi connectivity index (χ4n) is 2.76. The summed E-state index contributed by atoms with van der Waals surface area (Å²) in [5.41, 5.74) is 0.443. The van der Waals surface area contributed by atoms with E-state index in [0.717, 1.165) is 0 Å². The number of carbonyl (C=O) groups excluding carboxylic acids is 2. The molecule has 152 valence electrons. The summed E-state index contributed by atoms with van der Waals surface area (Å²) < 4.78 is 4.91. The number of benzene rings is 1. The predicted octanol–water partition coefficient (Wildman–Crippen LogP) is 1.95. The molecule has 1 aromatic rings. The number of nitrogens with zero attached hydrogens (tertiary/aromatic N) is 3. The van der Waals surface area contributed by atoms with Crippen LogP contribution in [0.1, 0.15) is 31.1 Å². The highest BCUT2D eigenvalue weighted by atomic mass is 32.1. The topological polar surface area (TPSA) is 105 Å². The van der Waals surface area contributed by atoms with E-state index in [-0.39, 0.29) is 29.7 Å². The molecule has 0 radical (unpaired) electrons. The molecule has 0 aromatic heterocycles. The zero-order chi connectivity index (χ0) is 20.8. The van der Waals surface area contributed by atoms with Crippen molar-refractivity contribution in [3.63, 3.8) is 0 Å². The van der Waals surface area contributed by atoms with Gasteiger partial charge in [-0.2, -0.15) is 0 Å². The fraction of sp³-hybridized carbons (Fsp3) is 0.500. The molecular formula is C18H24N4O5S. The first-order valence-electron chi connectivity index (χ1n) is 9.04. The van der Waals surface area contributed by atoms with Crippen LogP contribution in [0.5, 0.6) is 0 Å². The number of ether oxygens (including phenoxy) is 1. The lowest BCUT2D eigenvalue weighted by atomic mass is 10.1. The van der Waals surface area contributed by atoms with Gasteiger partial charge in [0.15, 0.2) is 5.11 Å². The molecule has 0 saturated carbocycles. The van der Waals surface area contributed by atoms with E-state index in [1.165, 1.54) is 12.1 Å². The third kappa shape index (κ3) is 5.16. The molecule has 1 heterocycles. The number of nitro benzene ring substituents is 1. The van der Waals surface area contributed by atoms with E-state index in [9.17, 15) is 19.7 Å². The van der Waals surface area contributed by atoms with Gasteiger partial charge in [-0.25, -0.2) is 4.79 Å². The number of anilines is 1. The maximum atomic E-state index is 11.8. The van der Waals surface area contributed by atoms with Crippen LogP contribution >= 0.6 is 12.2 Å². The Bertz CT molecular complexity index is 775. The number of nitro groups is 1. The molecule has 0 aliphatic carbocycles. The van der Waals surface area contributed by atoms with Crippen LogP contribution in [0.3, 0.4) is 0 Å². The van der Waals surface area contributed by atoms with Crippen molar-refractivity contribution in [2.45, 2.75) is 20.8 Å². The number of hydrogen-bond acceptors (Lipinski definition) is 7. The predicted molar refractivity (Wildman–Crippen MR) is 108 cm³/mol. The summed E-state index contributed by atoms with van der Waals surface area (Å²) in [6.45, 7) is 7.48. The number of hydrogen-bond donors (Lipinski definition) is 1. The van der Waals surface area contributed by atoms with E-state index in [2.05, 4.69) is 5.32 Å². The van der Waals surface area contributed by atoms with Crippen LogP contribution in [0, 0.1) is 16.0 Å². The van der Waals surface area contributed by atoms with E-state index >= 15 is 0 Å². The molecule has 1 fully saturated rings. The third-order valence-corrected chi connectivity index (χ3v) is 4.71. The van der Waals surface area contributed by atoms with Gasteiger partial charge in [0.2, 0.25) is 5.91 Å². The van der Waals surface area contributed by atoms with Gasteiger partial charge in [-0.1, -0.05) is 13.8 Å². The fourth-order valence-corrected chi connectivity index (χ4v) is 3.04. The van der Waals surface area contributed by atoms with Crippen molar-refractivity contribution in [1.29, 1.82) is 0 Å². The van der Waals surface area contributed by atoms with Crippen molar-refractivity contribution >= 4 is 40.6 Å². The second-order valence-electron chi connectivity index (χ2n) is 6.60. The Labute approximate surface area is 168 Å². The van der Waals surface area contributed by atoms with Crippen molar-refractivity contribution in [2.75, 3.05) is 37.7 Å². The van der Waals surface area contributed by atoms with E-state index < -0.39 is 10.9 Å². The number of rotatable bonds is 5. The van der Waals surface area contributed by atoms with Crippen molar-refractivity contribution < 1.29 is 19.2 Å². The van der Waals surface area contributed by atoms with Gasteiger partial charge in [0, 0.05) is 38.2 Å². The lowest BCUT2D eigenvalue weighted by Gasteiger charge is -2.37. The summed E-state index contributed by atoms with van der Waals surface area (Å²) in [6, 6.07) is 4.34. The molecule has 28 heavy (non-hydrogen) atoms. The first-order chi connectivity index (χ1) is 13.2. The lowest BCUT2D eigenvalue weighted by molar-refractivity contribution is -0.384. The molecule has 1 N–H and O–H groups in total. The summed E-state index contributed by atoms with van der Waals surface area (Å²) in [5.74, 6) is -0.898. The van der Waals surface area contributed by atoms with Gasteiger partial charge in [0.1, 0.15) is 5.69 Å². The summed E-state index contributed by atoms with van der Waals surface area (Å²) in [7, 11) is 0. The zero-order valence-electron chi connectivity index (χ0n) is 16.1. The molecule has 1 aliphatic heterocycles. The summed E-state index contributed by atoms with van der Waals surface area (Å²) >= 11 is 5.28. The number of esters is 1. The molecule has 1 aromatic carbocycles. The van der Waals surface area contributed by atoms with E-state index in [1.54, 1.807) is 26.8 Å². The van der Waals surface area contributed by atoms with Gasteiger partial charge in [-0.05, 0) is 31.3 Å². The molecule has 1 saturated heterocycles. The normalized spacial score (nSPS) is 14.0. The van der Waals surface area contributed by atoms with Gasteiger partial charge < -0.3 is 19.9 Å². The smallest absolute Gasteiger partial charge is 0.338 e. The standard InChI is InChI=1S/C18H24N4O5S/c1-4-27-17(24)13-5-6-14(15(11-13)22(25)26)20-7-9-21(10-8-20)18(28)19-16(23)12(2)3/h5-6,11-12H,4,7-10H2,1-3H3,(H,19,23,28). The Kier molecular flexibility index (Phi) is 7.27. The number of carbonyl (C=O) groups is 2. The average molecular weight is 408 g/mol. The molecule has 1 amide bonds. The van der Waals surface area contributed by atoms with Crippen molar-refractivity contribution in [3.8, 4) is 0 Å². The minimum atomic E-state index is -0.590. The van der Waals surface area contributed by atoms with Crippen LogP contribution in [0.25, 0.3) is 0 Å². The first-order valence-corrected chi connectivity index (χ1v) is 9.45. The second-order valence-corrected chi connectivity index (χ2v) is 6.99. The quantitative estimate of drug-likeness (QED) is 0.341. The molecule has 0 spiro atoms. The largest absolute Gasteiger partial charge is 0.462 e. The monoisotopic (exact) mass is 408 g/mol. The Morgan fingerprint density at radius 1 is 1.29 bits per heavy atom. The van der Waals surface area contributed by atoms with Gasteiger partial charge in [0.25, 0.3) is 5.69 Å². The van der Waals surface area contributed by atoms with Crippen LogP contribution in [-0.4, -0.2) is 59.6 Å². The van der Waals surface area contributed by atoms with Gasteiger partial charge in [-0.15, -0.1) is 0 Å². The molecule has 10 heteroatoms. The second kappa shape index (κ2) is 9.45. The van der Waals surface area contributed by atoms with Crippen molar-refractivity contribution in [2.24, 2.45) is 5.92 Å². The third-order valence-electron chi connectivity index (χ3n) is 4.35. The van der Waals surface area contributed by atoms with Gasteiger partial charge >= 0.3 is 5.97 Å². The maximum absolute atomic E-state index is 11.8. The molecule has 9 nitrogen and oxygen atoms in total. The molecule has 0 unspecified atom stereocenters. The van der Waals surface area contributed by atoms with Crippen LogP contribution < -0.4 is 10.2 Å². The maximum Gasteiger partial charge on any atom is 0.338 e. The SMILES string of the molecule is CCOC(=O)c1ccc(N2CCN(C(=S)NC(=O)C(C)C)CC2)c([N+](=O)[O-])c1. The number of thiocarbonyl (C=S) groups is 1. The van der Waals surface area contributed by atoms with Crippen LogP contribution in [0.15, 0.2) is 18.2 Å². The molecule has 1 aliphatic rings. The molecule has 0 atom stereocenters. The first kappa shape index (κ1) is 21.5.